The Labute approximate surface area is 159 Å². The van der Waals surface area contributed by atoms with Gasteiger partial charge >= 0.3 is 0 Å². The molecule has 2 rings (SSSR count). The number of rotatable bonds is 7. The molecule has 0 aliphatic carbocycles. The Hall–Kier alpha value is -3.02. The molecule has 0 radical (unpaired) electrons. The van der Waals surface area contributed by atoms with Crippen LogP contribution in [0.3, 0.4) is 0 Å². The number of hydrogen-bond acceptors (Lipinski definition) is 4. The number of para-hydroxylation sites is 1. The van der Waals surface area contributed by atoms with Crippen LogP contribution < -0.4 is 20.3 Å². The zero-order chi connectivity index (χ0) is 19.8. The van der Waals surface area contributed by atoms with Gasteiger partial charge in [-0.2, -0.15) is 0 Å². The molecule has 6 heteroatoms. The number of benzene rings is 2. The van der Waals surface area contributed by atoms with Gasteiger partial charge in [0.15, 0.2) is 6.61 Å². The maximum absolute atomic E-state index is 12.3. The Bertz CT molecular complexity index is 770. The number of carbonyl (C=O) groups excluding carboxylic acids is 2. The number of ether oxygens (including phenoxy) is 2. The first-order valence-corrected chi connectivity index (χ1v) is 8.94. The molecule has 0 bridgehead atoms. The second-order valence-electron chi connectivity index (χ2n) is 6.68. The summed E-state index contributed by atoms with van der Waals surface area (Å²) in [5.74, 6) is 0.567. The first kappa shape index (κ1) is 20.3. The van der Waals surface area contributed by atoms with Crippen molar-refractivity contribution in [2.45, 2.75) is 39.7 Å². The molecule has 144 valence electrons. The summed E-state index contributed by atoms with van der Waals surface area (Å²) in [6, 6.07) is 14.4. The number of nitrogens with one attached hydrogen (secondary N) is 2. The van der Waals surface area contributed by atoms with Crippen molar-refractivity contribution < 1.29 is 19.1 Å². The fourth-order valence-corrected chi connectivity index (χ4v) is 2.34. The fraction of sp³-hybridized carbons (Fsp3) is 0.333. The molecule has 0 saturated carbocycles. The van der Waals surface area contributed by atoms with E-state index in [1.165, 1.54) is 5.56 Å². The van der Waals surface area contributed by atoms with Crippen LogP contribution >= 0.6 is 0 Å². The highest BCUT2D eigenvalue weighted by molar-refractivity contribution is 5.97. The maximum Gasteiger partial charge on any atom is 0.276 e. The van der Waals surface area contributed by atoms with Gasteiger partial charge in [0.1, 0.15) is 11.5 Å². The minimum absolute atomic E-state index is 0.0657. The van der Waals surface area contributed by atoms with E-state index in [-0.39, 0.29) is 12.7 Å². The number of hydrazine groups is 1. The van der Waals surface area contributed by atoms with Gasteiger partial charge < -0.3 is 9.47 Å². The average molecular weight is 370 g/mol. The van der Waals surface area contributed by atoms with Crippen molar-refractivity contribution in [3.8, 4) is 11.5 Å². The van der Waals surface area contributed by atoms with Gasteiger partial charge in [-0.25, -0.2) is 0 Å². The molecule has 0 saturated heterocycles. The van der Waals surface area contributed by atoms with Crippen LogP contribution in [0.1, 0.15) is 49.5 Å². The minimum atomic E-state index is -0.460. The summed E-state index contributed by atoms with van der Waals surface area (Å²) >= 11 is 0. The monoisotopic (exact) mass is 370 g/mol. The molecule has 0 aromatic heterocycles. The van der Waals surface area contributed by atoms with E-state index >= 15 is 0 Å². The van der Waals surface area contributed by atoms with Crippen LogP contribution in [0.25, 0.3) is 0 Å². The molecule has 0 spiro atoms. The molecular formula is C21H26N2O4. The molecule has 2 N–H and O–H groups in total. The molecule has 6 nitrogen and oxygen atoms in total. The summed E-state index contributed by atoms with van der Waals surface area (Å²) in [6.45, 7) is 7.77. The normalized spacial score (nSPS) is 10.6. The van der Waals surface area contributed by atoms with Crippen molar-refractivity contribution in [1.82, 2.24) is 10.9 Å². The minimum Gasteiger partial charge on any atom is -0.490 e. The highest BCUT2D eigenvalue weighted by Gasteiger charge is 2.14. The summed E-state index contributed by atoms with van der Waals surface area (Å²) in [4.78, 5) is 24.2. The first-order chi connectivity index (χ1) is 12.9. The van der Waals surface area contributed by atoms with Gasteiger partial charge in [0.05, 0.1) is 11.7 Å². The smallest absolute Gasteiger partial charge is 0.276 e. The van der Waals surface area contributed by atoms with E-state index in [0.29, 0.717) is 23.0 Å². The lowest BCUT2D eigenvalue weighted by Crippen LogP contribution is -2.44. The van der Waals surface area contributed by atoms with Crippen LogP contribution in [0.15, 0.2) is 48.5 Å². The maximum atomic E-state index is 12.3. The average Bonchev–Trinajstić information content (AvgIpc) is 2.64. The summed E-state index contributed by atoms with van der Waals surface area (Å²) in [5, 5.41) is 0. The highest BCUT2D eigenvalue weighted by Crippen LogP contribution is 2.19. The Balaban J connectivity index is 1.84. The third kappa shape index (κ3) is 6.33. The molecule has 2 aromatic rings. The van der Waals surface area contributed by atoms with Crippen molar-refractivity contribution >= 4 is 11.8 Å². The van der Waals surface area contributed by atoms with Crippen LogP contribution in [-0.4, -0.2) is 24.5 Å². The Kier molecular flexibility index (Phi) is 7.23. The van der Waals surface area contributed by atoms with Crippen molar-refractivity contribution in [1.29, 1.82) is 0 Å². The van der Waals surface area contributed by atoms with Crippen molar-refractivity contribution in [2.75, 3.05) is 6.61 Å². The van der Waals surface area contributed by atoms with Crippen LogP contribution in [0.2, 0.25) is 0 Å². The second kappa shape index (κ2) is 9.62. The van der Waals surface area contributed by atoms with Crippen molar-refractivity contribution in [3.63, 3.8) is 0 Å². The van der Waals surface area contributed by atoms with E-state index in [1.807, 2.05) is 38.1 Å². The van der Waals surface area contributed by atoms with Crippen LogP contribution in [0, 0.1) is 0 Å². The third-order valence-corrected chi connectivity index (χ3v) is 3.73. The van der Waals surface area contributed by atoms with E-state index in [4.69, 9.17) is 9.47 Å². The van der Waals surface area contributed by atoms with E-state index in [2.05, 4.69) is 24.7 Å². The largest absolute Gasteiger partial charge is 0.490 e. The van der Waals surface area contributed by atoms with Gasteiger partial charge in [-0.1, -0.05) is 38.1 Å². The molecule has 2 amide bonds. The molecule has 0 atom stereocenters. The van der Waals surface area contributed by atoms with Gasteiger partial charge in [0.2, 0.25) is 0 Å². The van der Waals surface area contributed by atoms with Crippen molar-refractivity contribution in [2.24, 2.45) is 0 Å². The van der Waals surface area contributed by atoms with E-state index in [1.54, 1.807) is 24.3 Å². The SMILES string of the molecule is CC(C)Oc1ccccc1C(=O)NNC(=O)COc1ccc(C(C)C)cc1. The summed E-state index contributed by atoms with van der Waals surface area (Å²) in [7, 11) is 0. The summed E-state index contributed by atoms with van der Waals surface area (Å²) in [6.07, 6.45) is -0.0657. The summed E-state index contributed by atoms with van der Waals surface area (Å²) in [5.41, 5.74) is 6.26. The summed E-state index contributed by atoms with van der Waals surface area (Å²) < 4.78 is 11.0. The molecule has 0 aliphatic rings. The van der Waals surface area contributed by atoms with Gasteiger partial charge in [-0.15, -0.1) is 0 Å². The second-order valence-corrected chi connectivity index (χ2v) is 6.68. The lowest BCUT2D eigenvalue weighted by Gasteiger charge is -2.14. The number of hydrogen-bond donors (Lipinski definition) is 2. The Morgan fingerprint density at radius 3 is 2.22 bits per heavy atom. The molecule has 0 unspecified atom stereocenters. The topological polar surface area (TPSA) is 76.7 Å². The van der Waals surface area contributed by atoms with Crippen LogP contribution in [0.5, 0.6) is 11.5 Å². The Morgan fingerprint density at radius 2 is 1.59 bits per heavy atom. The third-order valence-electron chi connectivity index (χ3n) is 3.73. The number of carbonyl (C=O) groups is 2. The van der Waals surface area contributed by atoms with Crippen LogP contribution in [-0.2, 0) is 4.79 Å². The molecule has 2 aromatic carbocycles. The predicted molar refractivity (Wildman–Crippen MR) is 104 cm³/mol. The standard InChI is InChI=1S/C21H26N2O4/c1-14(2)16-9-11-17(12-10-16)26-13-20(24)22-23-21(25)18-7-5-6-8-19(18)27-15(3)4/h5-12,14-15H,13H2,1-4H3,(H,22,24)(H,23,25). The van der Waals surface area contributed by atoms with Gasteiger partial charge in [-0.05, 0) is 49.6 Å². The van der Waals surface area contributed by atoms with E-state index in [9.17, 15) is 9.59 Å². The number of amides is 2. The molecule has 0 fully saturated rings. The molecule has 0 heterocycles. The fourth-order valence-electron chi connectivity index (χ4n) is 2.34. The molecular weight excluding hydrogens is 344 g/mol. The van der Waals surface area contributed by atoms with Crippen molar-refractivity contribution in [3.05, 3.63) is 59.7 Å². The zero-order valence-electron chi connectivity index (χ0n) is 16.1. The zero-order valence-corrected chi connectivity index (χ0v) is 16.1. The lowest BCUT2D eigenvalue weighted by atomic mass is 10.0. The van der Waals surface area contributed by atoms with E-state index < -0.39 is 11.8 Å². The lowest BCUT2D eigenvalue weighted by molar-refractivity contribution is -0.123. The predicted octanol–water partition coefficient (Wildman–Crippen LogP) is 3.44. The van der Waals surface area contributed by atoms with Crippen LogP contribution in [0.4, 0.5) is 0 Å². The van der Waals surface area contributed by atoms with E-state index in [0.717, 1.165) is 0 Å². The van der Waals surface area contributed by atoms with Gasteiger partial charge in [0, 0.05) is 0 Å². The molecule has 27 heavy (non-hydrogen) atoms. The first-order valence-electron chi connectivity index (χ1n) is 8.94. The Morgan fingerprint density at radius 1 is 0.926 bits per heavy atom. The van der Waals surface area contributed by atoms with Gasteiger partial charge in [0.25, 0.3) is 11.8 Å². The molecule has 0 aliphatic heterocycles. The highest BCUT2D eigenvalue weighted by atomic mass is 16.5. The van der Waals surface area contributed by atoms with Gasteiger partial charge in [-0.3, -0.25) is 20.4 Å². The quantitative estimate of drug-likeness (QED) is 0.732.